The maximum Gasteiger partial charge on any atom is 0.358 e. The highest BCUT2D eigenvalue weighted by atomic mass is 16.5. The topological polar surface area (TPSA) is 59.4 Å². The average Bonchev–Trinajstić information content (AvgIpc) is 2.41. The average molecular weight is 313 g/mol. The van der Waals surface area contributed by atoms with Gasteiger partial charge in [-0.3, -0.25) is 0 Å². The van der Waals surface area contributed by atoms with Crippen molar-refractivity contribution in [3.8, 4) is 11.5 Å². The zero-order valence-corrected chi connectivity index (χ0v) is 14.5. The van der Waals surface area contributed by atoms with Gasteiger partial charge in [-0.05, 0) is 44.0 Å². The van der Waals surface area contributed by atoms with Crippen molar-refractivity contribution in [1.29, 1.82) is 0 Å². The highest BCUT2D eigenvalue weighted by Gasteiger charge is 2.22. The van der Waals surface area contributed by atoms with Crippen molar-refractivity contribution in [2.45, 2.75) is 47.0 Å². The Hall–Kier alpha value is -2.36. The van der Waals surface area contributed by atoms with Crippen LogP contribution in [0.2, 0.25) is 0 Å². The maximum atomic E-state index is 11.6. The summed E-state index contributed by atoms with van der Waals surface area (Å²) in [7, 11) is 0. The van der Waals surface area contributed by atoms with Gasteiger partial charge in [0.05, 0.1) is 0 Å². The summed E-state index contributed by atoms with van der Waals surface area (Å²) in [6.07, 6.45) is 0. The van der Waals surface area contributed by atoms with E-state index in [0.29, 0.717) is 5.75 Å². The molecule has 0 atom stereocenters. The molecule has 0 radical (unpaired) electrons. The van der Waals surface area contributed by atoms with Gasteiger partial charge in [-0.15, -0.1) is 0 Å². The lowest BCUT2D eigenvalue weighted by Gasteiger charge is -2.20. The molecule has 122 valence electrons. The Morgan fingerprint density at radius 1 is 1.09 bits per heavy atom. The van der Waals surface area contributed by atoms with E-state index in [1.807, 2.05) is 59.7 Å². The van der Waals surface area contributed by atoms with Crippen LogP contribution in [0, 0.1) is 20.8 Å². The Kier molecular flexibility index (Phi) is 4.46. The Morgan fingerprint density at radius 3 is 2.13 bits per heavy atom. The molecular weight excluding hydrogens is 290 g/mol. The van der Waals surface area contributed by atoms with Crippen LogP contribution in [-0.2, 0) is 5.41 Å². The number of nitrogens with zero attached hydrogens (tertiary/aromatic N) is 1. The summed E-state index contributed by atoms with van der Waals surface area (Å²) in [5.41, 5.74) is 3.53. The molecule has 1 heterocycles. The second-order valence-corrected chi connectivity index (χ2v) is 6.93. The summed E-state index contributed by atoms with van der Waals surface area (Å²) in [6, 6.07) is 7.54. The molecule has 0 amide bonds. The van der Waals surface area contributed by atoms with Crippen molar-refractivity contribution in [3.63, 3.8) is 0 Å². The second kappa shape index (κ2) is 6.03. The standard InChI is InChI=1S/C19H23NO3/c1-11-9-12(2)17(13(3)10-11)23-14-7-8-15(19(4,5)6)20-16(14)18(21)22/h7-10H,1-6H3,(H,21,22). The number of carboxylic acid groups (broad SMARTS) is 1. The van der Waals surface area contributed by atoms with Crippen molar-refractivity contribution < 1.29 is 14.6 Å². The van der Waals surface area contributed by atoms with Gasteiger partial charge in [0.1, 0.15) is 5.75 Å². The van der Waals surface area contributed by atoms with E-state index >= 15 is 0 Å². The fourth-order valence-corrected chi connectivity index (χ4v) is 2.54. The first-order chi connectivity index (χ1) is 10.6. The molecule has 23 heavy (non-hydrogen) atoms. The summed E-state index contributed by atoms with van der Waals surface area (Å²) in [5.74, 6) is -0.141. The van der Waals surface area contributed by atoms with Gasteiger partial charge < -0.3 is 9.84 Å². The van der Waals surface area contributed by atoms with Crippen molar-refractivity contribution >= 4 is 5.97 Å². The molecule has 2 rings (SSSR count). The van der Waals surface area contributed by atoms with Crippen LogP contribution in [0.4, 0.5) is 0 Å². The van der Waals surface area contributed by atoms with Crippen LogP contribution in [0.3, 0.4) is 0 Å². The van der Waals surface area contributed by atoms with Crippen LogP contribution >= 0.6 is 0 Å². The van der Waals surface area contributed by atoms with Gasteiger partial charge in [0.2, 0.25) is 0 Å². The van der Waals surface area contributed by atoms with Crippen LogP contribution in [0.25, 0.3) is 0 Å². The minimum absolute atomic E-state index is 0.0585. The third-order valence-corrected chi connectivity index (χ3v) is 3.65. The van der Waals surface area contributed by atoms with E-state index in [9.17, 15) is 9.90 Å². The van der Waals surface area contributed by atoms with Gasteiger partial charge >= 0.3 is 5.97 Å². The summed E-state index contributed by atoms with van der Waals surface area (Å²) in [4.78, 5) is 15.9. The smallest absolute Gasteiger partial charge is 0.358 e. The number of carboxylic acids is 1. The highest BCUT2D eigenvalue weighted by Crippen LogP contribution is 2.32. The highest BCUT2D eigenvalue weighted by molar-refractivity contribution is 5.88. The van der Waals surface area contributed by atoms with Gasteiger partial charge in [0.15, 0.2) is 11.4 Å². The van der Waals surface area contributed by atoms with Crippen LogP contribution < -0.4 is 4.74 Å². The first kappa shape index (κ1) is 17.0. The van der Waals surface area contributed by atoms with E-state index in [0.717, 1.165) is 22.4 Å². The van der Waals surface area contributed by atoms with E-state index in [1.54, 1.807) is 6.07 Å². The van der Waals surface area contributed by atoms with Crippen molar-refractivity contribution in [1.82, 2.24) is 4.98 Å². The van der Waals surface area contributed by atoms with E-state index in [-0.39, 0.29) is 16.9 Å². The fourth-order valence-electron chi connectivity index (χ4n) is 2.54. The molecule has 4 heteroatoms. The van der Waals surface area contributed by atoms with Crippen LogP contribution in [-0.4, -0.2) is 16.1 Å². The number of hydrogen-bond donors (Lipinski definition) is 1. The minimum atomic E-state index is -1.09. The van der Waals surface area contributed by atoms with Crippen LogP contribution in [0.15, 0.2) is 24.3 Å². The molecule has 0 aliphatic heterocycles. The van der Waals surface area contributed by atoms with Crippen molar-refractivity contribution in [2.75, 3.05) is 0 Å². The lowest BCUT2D eigenvalue weighted by atomic mass is 9.91. The van der Waals surface area contributed by atoms with Gasteiger partial charge in [-0.25, -0.2) is 9.78 Å². The Labute approximate surface area is 137 Å². The molecule has 0 spiro atoms. The molecule has 2 aromatic rings. The molecule has 1 aromatic heterocycles. The molecule has 0 unspecified atom stereocenters. The summed E-state index contributed by atoms with van der Waals surface area (Å²) in [6.45, 7) is 11.9. The number of aryl methyl sites for hydroxylation is 3. The normalized spacial score (nSPS) is 11.4. The van der Waals surface area contributed by atoms with Gasteiger partial charge in [0.25, 0.3) is 0 Å². The lowest BCUT2D eigenvalue weighted by Crippen LogP contribution is -2.16. The molecular formula is C19H23NO3. The zero-order chi connectivity index (χ0) is 17.4. The minimum Gasteiger partial charge on any atom is -0.476 e. The van der Waals surface area contributed by atoms with Gasteiger partial charge in [0, 0.05) is 11.1 Å². The van der Waals surface area contributed by atoms with E-state index < -0.39 is 5.97 Å². The third kappa shape index (κ3) is 3.70. The zero-order valence-electron chi connectivity index (χ0n) is 14.5. The monoisotopic (exact) mass is 313 g/mol. The lowest BCUT2D eigenvalue weighted by molar-refractivity contribution is 0.0687. The molecule has 1 N–H and O–H groups in total. The van der Waals surface area contributed by atoms with Crippen molar-refractivity contribution in [3.05, 3.63) is 52.3 Å². The maximum absolute atomic E-state index is 11.6. The van der Waals surface area contributed by atoms with Crippen LogP contribution in [0.5, 0.6) is 11.5 Å². The van der Waals surface area contributed by atoms with Gasteiger partial charge in [-0.2, -0.15) is 0 Å². The quantitative estimate of drug-likeness (QED) is 0.884. The Morgan fingerprint density at radius 2 is 1.65 bits per heavy atom. The third-order valence-electron chi connectivity index (χ3n) is 3.65. The summed E-state index contributed by atoms with van der Waals surface area (Å²) in [5, 5.41) is 9.47. The molecule has 4 nitrogen and oxygen atoms in total. The summed E-state index contributed by atoms with van der Waals surface area (Å²) < 4.78 is 5.91. The molecule has 0 saturated heterocycles. The number of aromatic nitrogens is 1. The number of hydrogen-bond acceptors (Lipinski definition) is 3. The Balaban J connectivity index is 2.51. The largest absolute Gasteiger partial charge is 0.476 e. The van der Waals surface area contributed by atoms with Gasteiger partial charge in [-0.1, -0.05) is 38.5 Å². The first-order valence-corrected chi connectivity index (χ1v) is 7.60. The Bertz CT molecular complexity index is 735. The van der Waals surface area contributed by atoms with Crippen molar-refractivity contribution in [2.24, 2.45) is 0 Å². The predicted octanol–water partition coefficient (Wildman–Crippen LogP) is 4.79. The molecule has 0 aliphatic rings. The number of carbonyl (C=O) groups is 1. The number of pyridine rings is 1. The van der Waals surface area contributed by atoms with E-state index in [1.165, 1.54) is 0 Å². The molecule has 0 saturated carbocycles. The predicted molar refractivity (Wildman–Crippen MR) is 90.6 cm³/mol. The number of aromatic carboxylic acids is 1. The SMILES string of the molecule is Cc1cc(C)c(Oc2ccc(C(C)(C)C)nc2C(=O)O)c(C)c1. The molecule has 1 aromatic carbocycles. The molecule has 0 fully saturated rings. The first-order valence-electron chi connectivity index (χ1n) is 7.60. The number of rotatable bonds is 3. The van der Waals surface area contributed by atoms with E-state index in [2.05, 4.69) is 4.98 Å². The molecule has 0 bridgehead atoms. The van der Waals surface area contributed by atoms with E-state index in [4.69, 9.17) is 4.74 Å². The summed E-state index contributed by atoms with van der Waals surface area (Å²) >= 11 is 0. The second-order valence-electron chi connectivity index (χ2n) is 6.93. The number of ether oxygens (including phenoxy) is 1. The fraction of sp³-hybridized carbons (Fsp3) is 0.368. The van der Waals surface area contributed by atoms with Crippen LogP contribution in [0.1, 0.15) is 53.6 Å². The molecule has 0 aliphatic carbocycles. The number of benzene rings is 1.